The van der Waals surface area contributed by atoms with Crippen molar-refractivity contribution in [2.24, 2.45) is 0 Å². The lowest BCUT2D eigenvalue weighted by Gasteiger charge is -2.02. The van der Waals surface area contributed by atoms with Crippen LogP contribution in [0.3, 0.4) is 0 Å². The van der Waals surface area contributed by atoms with Crippen molar-refractivity contribution in [3.8, 4) is 16.9 Å². The second-order valence-electron chi connectivity index (χ2n) is 4.08. The van der Waals surface area contributed by atoms with Crippen molar-refractivity contribution >= 4 is 6.08 Å². The Labute approximate surface area is 107 Å². The minimum Gasteiger partial charge on any atom is -0.508 e. The number of aromatic hydroxyl groups is 1. The lowest BCUT2D eigenvalue weighted by molar-refractivity contribution is 0.303. The molecule has 0 aliphatic heterocycles. The van der Waals surface area contributed by atoms with Gasteiger partial charge in [0.2, 0.25) is 0 Å². The van der Waals surface area contributed by atoms with Crippen LogP contribution in [-0.2, 0) is 0 Å². The Morgan fingerprint density at radius 2 is 1.39 bits per heavy atom. The van der Waals surface area contributed by atoms with E-state index in [0.29, 0.717) is 6.42 Å². The molecular weight excluding hydrogens is 224 g/mol. The summed E-state index contributed by atoms with van der Waals surface area (Å²) in [7, 11) is 0. The smallest absolute Gasteiger partial charge is 0.115 e. The molecule has 0 saturated heterocycles. The Morgan fingerprint density at radius 3 is 1.94 bits per heavy atom. The fraction of sp³-hybridized carbons (Fsp3) is 0.125. The van der Waals surface area contributed by atoms with E-state index in [2.05, 4.69) is 0 Å². The van der Waals surface area contributed by atoms with Gasteiger partial charge in [-0.05, 0) is 35.2 Å². The van der Waals surface area contributed by atoms with Gasteiger partial charge in [-0.2, -0.15) is 0 Å². The second kappa shape index (κ2) is 6.03. The van der Waals surface area contributed by atoms with Gasteiger partial charge in [0.25, 0.3) is 0 Å². The first kappa shape index (κ1) is 12.4. The molecule has 0 atom stereocenters. The van der Waals surface area contributed by atoms with Crippen LogP contribution in [0, 0.1) is 0 Å². The van der Waals surface area contributed by atoms with E-state index in [1.807, 2.05) is 48.6 Å². The maximum absolute atomic E-state index is 9.24. The molecule has 2 aromatic rings. The fourth-order valence-corrected chi connectivity index (χ4v) is 1.73. The zero-order valence-electron chi connectivity index (χ0n) is 10.1. The van der Waals surface area contributed by atoms with Gasteiger partial charge in [-0.3, -0.25) is 0 Å². The third kappa shape index (κ3) is 3.22. The Hall–Kier alpha value is -2.06. The zero-order valence-corrected chi connectivity index (χ0v) is 10.1. The van der Waals surface area contributed by atoms with Gasteiger partial charge >= 0.3 is 0 Å². The van der Waals surface area contributed by atoms with Crippen LogP contribution in [0.2, 0.25) is 0 Å². The number of benzene rings is 2. The summed E-state index contributed by atoms with van der Waals surface area (Å²) >= 11 is 0. The van der Waals surface area contributed by atoms with Crippen molar-refractivity contribution in [3.63, 3.8) is 0 Å². The van der Waals surface area contributed by atoms with Crippen molar-refractivity contribution < 1.29 is 10.2 Å². The molecule has 0 heterocycles. The zero-order chi connectivity index (χ0) is 12.8. The topological polar surface area (TPSA) is 40.5 Å². The van der Waals surface area contributed by atoms with Crippen molar-refractivity contribution in [2.75, 3.05) is 6.61 Å². The molecule has 2 N–H and O–H groups in total. The summed E-state index contributed by atoms with van der Waals surface area (Å²) in [5.74, 6) is 0.280. The Bertz CT molecular complexity index is 510. The van der Waals surface area contributed by atoms with Crippen LogP contribution in [0.25, 0.3) is 17.2 Å². The minimum absolute atomic E-state index is 0.183. The first-order chi connectivity index (χ1) is 8.79. The molecule has 0 unspecified atom stereocenters. The molecule has 0 amide bonds. The number of phenolic OH excluding ortho intramolecular Hbond substituents is 1. The van der Waals surface area contributed by atoms with Crippen molar-refractivity contribution in [2.45, 2.75) is 6.42 Å². The van der Waals surface area contributed by atoms with E-state index in [1.54, 1.807) is 12.1 Å². The quantitative estimate of drug-likeness (QED) is 0.859. The summed E-state index contributed by atoms with van der Waals surface area (Å²) in [6.07, 6.45) is 4.63. The minimum atomic E-state index is 0.183. The van der Waals surface area contributed by atoms with Gasteiger partial charge < -0.3 is 10.2 Å². The Morgan fingerprint density at radius 1 is 0.833 bits per heavy atom. The van der Waals surface area contributed by atoms with Gasteiger partial charge in [0.1, 0.15) is 5.75 Å². The van der Waals surface area contributed by atoms with Gasteiger partial charge in [0.05, 0.1) is 0 Å². The molecule has 2 aromatic carbocycles. The molecule has 18 heavy (non-hydrogen) atoms. The number of rotatable bonds is 4. The van der Waals surface area contributed by atoms with Crippen LogP contribution in [0.15, 0.2) is 54.6 Å². The molecule has 2 rings (SSSR count). The van der Waals surface area contributed by atoms with E-state index in [4.69, 9.17) is 5.11 Å². The Kier molecular flexibility index (Phi) is 4.15. The van der Waals surface area contributed by atoms with E-state index in [0.717, 1.165) is 16.7 Å². The number of hydrogen-bond donors (Lipinski definition) is 2. The molecule has 0 spiro atoms. The SMILES string of the molecule is OCC/C=C/c1ccc(-c2ccc(O)cc2)cc1. The largest absolute Gasteiger partial charge is 0.508 e. The average Bonchev–Trinajstić information content (AvgIpc) is 2.41. The van der Waals surface area contributed by atoms with E-state index >= 15 is 0 Å². The summed E-state index contributed by atoms with van der Waals surface area (Å²) < 4.78 is 0. The third-order valence-corrected chi connectivity index (χ3v) is 2.72. The van der Waals surface area contributed by atoms with E-state index < -0.39 is 0 Å². The summed E-state index contributed by atoms with van der Waals surface area (Å²) in [5, 5.41) is 17.9. The summed E-state index contributed by atoms with van der Waals surface area (Å²) in [5.41, 5.74) is 3.32. The van der Waals surface area contributed by atoms with Crippen LogP contribution in [0.4, 0.5) is 0 Å². The first-order valence-corrected chi connectivity index (χ1v) is 5.96. The molecule has 2 heteroatoms. The number of phenols is 1. The molecule has 0 saturated carbocycles. The summed E-state index contributed by atoms with van der Waals surface area (Å²) in [6.45, 7) is 0.183. The molecule has 0 aliphatic carbocycles. The van der Waals surface area contributed by atoms with Crippen molar-refractivity contribution in [1.82, 2.24) is 0 Å². The van der Waals surface area contributed by atoms with Gasteiger partial charge in [0.15, 0.2) is 0 Å². The number of aliphatic hydroxyl groups is 1. The van der Waals surface area contributed by atoms with Crippen LogP contribution >= 0.6 is 0 Å². The first-order valence-electron chi connectivity index (χ1n) is 5.96. The molecule has 0 aromatic heterocycles. The van der Waals surface area contributed by atoms with Crippen molar-refractivity contribution in [1.29, 1.82) is 0 Å². The fourth-order valence-electron chi connectivity index (χ4n) is 1.73. The normalized spacial score (nSPS) is 10.9. The van der Waals surface area contributed by atoms with E-state index in [-0.39, 0.29) is 12.4 Å². The standard InChI is InChI=1S/C16H16O2/c17-12-2-1-3-13-4-6-14(7-5-13)15-8-10-16(18)11-9-15/h1,3-11,17-18H,2,12H2/b3-1+. The predicted molar refractivity (Wildman–Crippen MR) is 74.3 cm³/mol. The molecule has 0 radical (unpaired) electrons. The second-order valence-corrected chi connectivity index (χ2v) is 4.08. The van der Waals surface area contributed by atoms with Gasteiger partial charge in [0, 0.05) is 6.61 Å². The van der Waals surface area contributed by atoms with E-state index in [1.165, 1.54) is 0 Å². The van der Waals surface area contributed by atoms with Crippen LogP contribution in [-0.4, -0.2) is 16.8 Å². The summed E-state index contributed by atoms with van der Waals surface area (Å²) in [4.78, 5) is 0. The maximum atomic E-state index is 9.24. The summed E-state index contributed by atoms with van der Waals surface area (Å²) in [6, 6.07) is 15.3. The van der Waals surface area contributed by atoms with Gasteiger partial charge in [-0.15, -0.1) is 0 Å². The lowest BCUT2D eigenvalue weighted by Crippen LogP contribution is -1.79. The number of aliphatic hydroxyl groups excluding tert-OH is 1. The highest BCUT2D eigenvalue weighted by molar-refractivity contribution is 5.66. The third-order valence-electron chi connectivity index (χ3n) is 2.72. The molecule has 0 bridgehead atoms. The maximum Gasteiger partial charge on any atom is 0.115 e. The highest BCUT2D eigenvalue weighted by atomic mass is 16.3. The molecule has 2 nitrogen and oxygen atoms in total. The van der Waals surface area contributed by atoms with Crippen LogP contribution < -0.4 is 0 Å². The van der Waals surface area contributed by atoms with E-state index in [9.17, 15) is 5.11 Å². The monoisotopic (exact) mass is 240 g/mol. The van der Waals surface area contributed by atoms with Gasteiger partial charge in [-0.1, -0.05) is 48.6 Å². The molecule has 0 fully saturated rings. The molecule has 0 aliphatic rings. The lowest BCUT2D eigenvalue weighted by atomic mass is 10.0. The van der Waals surface area contributed by atoms with Crippen molar-refractivity contribution in [3.05, 3.63) is 60.2 Å². The van der Waals surface area contributed by atoms with Crippen LogP contribution in [0.5, 0.6) is 5.75 Å². The van der Waals surface area contributed by atoms with Gasteiger partial charge in [-0.25, -0.2) is 0 Å². The highest BCUT2D eigenvalue weighted by Gasteiger charge is 1.97. The molecule has 92 valence electrons. The average molecular weight is 240 g/mol. The highest BCUT2D eigenvalue weighted by Crippen LogP contribution is 2.22. The molecular formula is C16H16O2. The Balaban J connectivity index is 2.14. The number of hydrogen-bond acceptors (Lipinski definition) is 2. The van der Waals surface area contributed by atoms with Crippen LogP contribution in [0.1, 0.15) is 12.0 Å². The predicted octanol–water partition coefficient (Wildman–Crippen LogP) is 3.45.